The highest BCUT2D eigenvalue weighted by Crippen LogP contribution is 2.34. The lowest BCUT2D eigenvalue weighted by molar-refractivity contribution is 0.102. The Balaban J connectivity index is 1.56. The van der Waals surface area contributed by atoms with Gasteiger partial charge in [0.25, 0.3) is 11.8 Å². The van der Waals surface area contributed by atoms with E-state index in [-0.39, 0.29) is 5.91 Å². The number of aromatic nitrogens is 2. The van der Waals surface area contributed by atoms with Gasteiger partial charge in [-0.3, -0.25) is 4.79 Å². The van der Waals surface area contributed by atoms with Crippen LogP contribution in [-0.4, -0.2) is 16.0 Å². The predicted molar refractivity (Wildman–Crippen MR) is 107 cm³/mol. The minimum Gasteiger partial charge on any atom is -0.333 e. The van der Waals surface area contributed by atoms with Crippen LogP contribution in [0.5, 0.6) is 0 Å². The molecule has 0 aliphatic carbocycles. The fourth-order valence-corrected chi connectivity index (χ4v) is 3.39. The van der Waals surface area contributed by atoms with E-state index in [2.05, 4.69) is 15.5 Å². The second kappa shape index (κ2) is 7.64. The maximum Gasteiger partial charge on any atom is 0.270 e. The highest BCUT2D eigenvalue weighted by Gasteiger charge is 2.17. The van der Waals surface area contributed by atoms with E-state index in [0.29, 0.717) is 38.4 Å². The molecule has 0 radical (unpaired) electrons. The molecule has 1 amide bonds. The number of carbonyl (C=O) groups excluding carboxylic acids is 1. The molecule has 0 saturated heterocycles. The number of nitrogens with one attached hydrogen (secondary N) is 1. The summed E-state index contributed by atoms with van der Waals surface area (Å²) < 4.78 is 5.38. The Hall–Kier alpha value is -3.47. The van der Waals surface area contributed by atoms with Gasteiger partial charge in [0.15, 0.2) is 0 Å². The maximum absolute atomic E-state index is 12.5. The number of nitriles is 1. The zero-order valence-corrected chi connectivity index (χ0v) is 15.8. The first-order chi connectivity index (χ1) is 13.6. The first kappa shape index (κ1) is 17.9. The van der Waals surface area contributed by atoms with Gasteiger partial charge in [-0.15, -0.1) is 11.3 Å². The molecule has 0 bridgehead atoms. The molecule has 0 fully saturated rings. The zero-order chi connectivity index (χ0) is 19.5. The number of amides is 1. The Morgan fingerprint density at radius 3 is 2.57 bits per heavy atom. The van der Waals surface area contributed by atoms with E-state index in [4.69, 9.17) is 21.4 Å². The van der Waals surface area contributed by atoms with Crippen LogP contribution in [0.4, 0.5) is 5.69 Å². The summed E-state index contributed by atoms with van der Waals surface area (Å²) in [5, 5.41) is 18.2. The van der Waals surface area contributed by atoms with Crippen molar-refractivity contribution in [3.05, 3.63) is 76.1 Å². The van der Waals surface area contributed by atoms with Crippen LogP contribution in [0.15, 0.2) is 64.5 Å². The second-order valence-corrected chi connectivity index (χ2v) is 7.09. The summed E-state index contributed by atoms with van der Waals surface area (Å²) in [7, 11) is 0. The Kier molecular flexibility index (Phi) is 4.89. The summed E-state index contributed by atoms with van der Waals surface area (Å²) in [6.07, 6.45) is 0. The molecule has 2 aromatic heterocycles. The minimum atomic E-state index is -0.290. The number of hydrogen-bond acceptors (Lipinski definition) is 6. The van der Waals surface area contributed by atoms with Crippen molar-refractivity contribution in [3.8, 4) is 28.2 Å². The van der Waals surface area contributed by atoms with Crippen LogP contribution in [-0.2, 0) is 0 Å². The molecule has 2 heterocycles. The number of halogens is 1. The van der Waals surface area contributed by atoms with Crippen molar-refractivity contribution >= 4 is 34.5 Å². The van der Waals surface area contributed by atoms with E-state index in [9.17, 15) is 4.79 Å². The molecule has 0 atom stereocenters. The lowest BCUT2D eigenvalue weighted by Gasteiger charge is -2.04. The molecular weight excluding hydrogens is 396 g/mol. The number of hydrogen-bond donors (Lipinski definition) is 1. The van der Waals surface area contributed by atoms with Crippen LogP contribution in [0.3, 0.4) is 0 Å². The molecule has 136 valence electrons. The van der Waals surface area contributed by atoms with Gasteiger partial charge < -0.3 is 9.84 Å². The summed E-state index contributed by atoms with van der Waals surface area (Å²) in [5.41, 5.74) is 2.29. The van der Waals surface area contributed by atoms with Gasteiger partial charge in [-0.05, 0) is 60.0 Å². The highest BCUT2D eigenvalue weighted by molar-refractivity contribution is 7.14. The topological polar surface area (TPSA) is 91.8 Å². The first-order valence-electron chi connectivity index (χ1n) is 8.13. The van der Waals surface area contributed by atoms with E-state index in [1.54, 1.807) is 54.6 Å². The fraction of sp³-hybridized carbons (Fsp3) is 0. The molecule has 0 saturated carbocycles. The zero-order valence-electron chi connectivity index (χ0n) is 14.2. The van der Waals surface area contributed by atoms with Gasteiger partial charge in [-0.1, -0.05) is 16.8 Å². The van der Waals surface area contributed by atoms with E-state index < -0.39 is 0 Å². The number of carbonyl (C=O) groups is 1. The van der Waals surface area contributed by atoms with Crippen molar-refractivity contribution < 1.29 is 9.32 Å². The van der Waals surface area contributed by atoms with E-state index in [1.807, 2.05) is 11.4 Å². The standard InChI is InChI=1S/C20H11ClN4O2S/c21-15-7-5-13(6-8-15)18-24-20(27-25-18)17-16(9-10-28-17)23-19(26)14-3-1-12(11-22)2-4-14/h1-10H,(H,23,26). The molecule has 0 aliphatic heterocycles. The van der Waals surface area contributed by atoms with Crippen LogP contribution in [0.2, 0.25) is 5.02 Å². The third kappa shape index (κ3) is 3.64. The van der Waals surface area contributed by atoms with Crippen molar-refractivity contribution in [3.63, 3.8) is 0 Å². The van der Waals surface area contributed by atoms with Crippen molar-refractivity contribution in [1.82, 2.24) is 10.1 Å². The molecule has 0 unspecified atom stereocenters. The third-order valence-electron chi connectivity index (χ3n) is 3.91. The molecule has 6 nitrogen and oxygen atoms in total. The number of rotatable bonds is 4. The molecule has 1 N–H and O–H groups in total. The van der Waals surface area contributed by atoms with Gasteiger partial charge in [0.1, 0.15) is 4.88 Å². The van der Waals surface area contributed by atoms with Crippen molar-refractivity contribution in [1.29, 1.82) is 5.26 Å². The monoisotopic (exact) mass is 406 g/mol. The number of anilines is 1. The van der Waals surface area contributed by atoms with Crippen molar-refractivity contribution in [2.24, 2.45) is 0 Å². The molecule has 2 aromatic carbocycles. The molecule has 0 aliphatic rings. The van der Waals surface area contributed by atoms with E-state index in [0.717, 1.165) is 5.56 Å². The number of nitrogens with zero attached hydrogens (tertiary/aromatic N) is 3. The van der Waals surface area contributed by atoms with Gasteiger partial charge in [0.2, 0.25) is 5.82 Å². The Morgan fingerprint density at radius 1 is 1.11 bits per heavy atom. The van der Waals surface area contributed by atoms with Gasteiger partial charge in [0, 0.05) is 16.1 Å². The minimum absolute atomic E-state index is 0.290. The number of benzene rings is 2. The lowest BCUT2D eigenvalue weighted by atomic mass is 10.1. The molecule has 0 spiro atoms. The average Bonchev–Trinajstić information content (AvgIpc) is 3.38. The summed E-state index contributed by atoms with van der Waals surface area (Å²) in [5.74, 6) is 0.459. The quantitative estimate of drug-likeness (QED) is 0.500. The van der Waals surface area contributed by atoms with E-state index >= 15 is 0 Å². The lowest BCUT2D eigenvalue weighted by Crippen LogP contribution is -2.11. The van der Waals surface area contributed by atoms with Crippen LogP contribution in [0, 0.1) is 11.3 Å². The Labute approximate surface area is 169 Å². The molecule has 8 heteroatoms. The number of thiophene rings is 1. The summed E-state index contributed by atoms with van der Waals surface area (Å²) >= 11 is 7.29. The smallest absolute Gasteiger partial charge is 0.270 e. The first-order valence-corrected chi connectivity index (χ1v) is 9.39. The Morgan fingerprint density at radius 2 is 1.86 bits per heavy atom. The van der Waals surface area contributed by atoms with Gasteiger partial charge in [0.05, 0.1) is 17.3 Å². The summed E-state index contributed by atoms with van der Waals surface area (Å²) in [6, 6.07) is 17.3. The van der Waals surface area contributed by atoms with Crippen LogP contribution < -0.4 is 5.32 Å². The summed E-state index contributed by atoms with van der Waals surface area (Å²) in [6.45, 7) is 0. The fourth-order valence-electron chi connectivity index (χ4n) is 2.50. The average molecular weight is 407 g/mol. The van der Waals surface area contributed by atoms with Gasteiger partial charge in [-0.25, -0.2) is 0 Å². The van der Waals surface area contributed by atoms with Gasteiger partial charge >= 0.3 is 0 Å². The van der Waals surface area contributed by atoms with Gasteiger partial charge in [-0.2, -0.15) is 10.2 Å². The SMILES string of the molecule is N#Cc1ccc(C(=O)Nc2ccsc2-c2nc(-c3ccc(Cl)cc3)no2)cc1. The largest absolute Gasteiger partial charge is 0.333 e. The van der Waals surface area contributed by atoms with Crippen LogP contribution >= 0.6 is 22.9 Å². The maximum atomic E-state index is 12.5. The van der Waals surface area contributed by atoms with E-state index in [1.165, 1.54) is 11.3 Å². The normalized spacial score (nSPS) is 10.4. The van der Waals surface area contributed by atoms with Crippen LogP contribution in [0.25, 0.3) is 22.2 Å². The summed E-state index contributed by atoms with van der Waals surface area (Å²) in [4.78, 5) is 17.6. The van der Waals surface area contributed by atoms with Crippen molar-refractivity contribution in [2.45, 2.75) is 0 Å². The third-order valence-corrected chi connectivity index (χ3v) is 5.07. The molecule has 4 rings (SSSR count). The highest BCUT2D eigenvalue weighted by atomic mass is 35.5. The molecule has 4 aromatic rings. The predicted octanol–water partition coefficient (Wildman–Crippen LogP) is 5.24. The Bertz CT molecular complexity index is 1170. The second-order valence-electron chi connectivity index (χ2n) is 5.74. The van der Waals surface area contributed by atoms with Crippen molar-refractivity contribution in [2.75, 3.05) is 5.32 Å². The molecular formula is C20H11ClN4O2S. The molecule has 28 heavy (non-hydrogen) atoms. The van der Waals surface area contributed by atoms with Crippen LogP contribution in [0.1, 0.15) is 15.9 Å².